The van der Waals surface area contributed by atoms with Crippen molar-refractivity contribution < 1.29 is 14.3 Å². The predicted molar refractivity (Wildman–Crippen MR) is 81.7 cm³/mol. The van der Waals surface area contributed by atoms with Crippen molar-refractivity contribution in [3.63, 3.8) is 0 Å². The minimum absolute atomic E-state index is 0.116. The van der Waals surface area contributed by atoms with Crippen LogP contribution in [0.5, 0.6) is 0 Å². The minimum Gasteiger partial charge on any atom is -0.383 e. The van der Waals surface area contributed by atoms with Gasteiger partial charge in [0.2, 0.25) is 0 Å². The molecule has 0 heterocycles. The van der Waals surface area contributed by atoms with E-state index in [0.29, 0.717) is 32.8 Å². The summed E-state index contributed by atoms with van der Waals surface area (Å²) in [5, 5.41) is 2.90. The summed E-state index contributed by atoms with van der Waals surface area (Å²) in [5.41, 5.74) is 1.04. The lowest BCUT2D eigenvalue weighted by atomic mass is 10.2. The average molecular weight is 345 g/mol. The highest BCUT2D eigenvalue weighted by atomic mass is 79.9. The Balaban J connectivity index is 2.50. The van der Waals surface area contributed by atoms with Crippen molar-refractivity contribution >= 4 is 22.0 Å². The summed E-state index contributed by atoms with van der Waals surface area (Å²) in [7, 11) is 3.24. The summed E-state index contributed by atoms with van der Waals surface area (Å²) < 4.78 is 11.0. The molecule has 2 amide bonds. The molecule has 5 nitrogen and oxygen atoms in total. The number of hydrogen-bond donors (Lipinski definition) is 1. The smallest absolute Gasteiger partial charge is 0.317 e. The van der Waals surface area contributed by atoms with Gasteiger partial charge in [0.25, 0.3) is 0 Å². The Morgan fingerprint density at radius 2 is 1.80 bits per heavy atom. The van der Waals surface area contributed by atoms with Crippen LogP contribution in [0.15, 0.2) is 28.7 Å². The highest BCUT2D eigenvalue weighted by molar-refractivity contribution is 9.10. The van der Waals surface area contributed by atoms with Crippen molar-refractivity contribution in [1.29, 1.82) is 0 Å². The molecule has 0 unspecified atom stereocenters. The Morgan fingerprint density at radius 1 is 1.20 bits per heavy atom. The van der Waals surface area contributed by atoms with Gasteiger partial charge in [0.05, 0.1) is 13.2 Å². The highest BCUT2D eigenvalue weighted by Crippen LogP contribution is 2.15. The third-order valence-electron chi connectivity index (χ3n) is 2.81. The number of carbonyl (C=O) groups is 1. The van der Waals surface area contributed by atoms with Gasteiger partial charge < -0.3 is 19.7 Å². The number of carbonyl (C=O) groups excluding carboxylic acids is 1. The molecule has 0 bridgehead atoms. The first-order valence-electron chi connectivity index (χ1n) is 6.43. The number of benzene rings is 1. The van der Waals surface area contributed by atoms with E-state index in [4.69, 9.17) is 9.47 Å². The van der Waals surface area contributed by atoms with Gasteiger partial charge in [-0.3, -0.25) is 0 Å². The normalized spacial score (nSPS) is 10.3. The Morgan fingerprint density at radius 3 is 2.35 bits per heavy atom. The number of hydrogen-bond acceptors (Lipinski definition) is 3. The zero-order valence-electron chi connectivity index (χ0n) is 11.9. The Labute approximate surface area is 128 Å². The summed E-state index contributed by atoms with van der Waals surface area (Å²) in [4.78, 5) is 13.8. The highest BCUT2D eigenvalue weighted by Gasteiger charge is 2.12. The predicted octanol–water partition coefficient (Wildman–Crippen LogP) is 2.25. The fraction of sp³-hybridized carbons (Fsp3) is 0.500. The van der Waals surface area contributed by atoms with E-state index < -0.39 is 0 Å². The molecule has 0 aliphatic heterocycles. The largest absolute Gasteiger partial charge is 0.383 e. The second-order valence-corrected chi connectivity index (χ2v) is 5.08. The standard InChI is InChI=1S/C14H21BrN2O3/c1-19-9-7-17(8-10-20-2)14(18)16-11-12-5-3-4-6-13(12)15/h3-6H,7-11H2,1-2H3,(H,16,18). The van der Waals surface area contributed by atoms with Crippen LogP contribution >= 0.6 is 15.9 Å². The molecule has 1 aromatic rings. The van der Waals surface area contributed by atoms with Crippen molar-refractivity contribution in [2.75, 3.05) is 40.5 Å². The quantitative estimate of drug-likeness (QED) is 0.786. The molecule has 0 saturated heterocycles. The second-order valence-electron chi connectivity index (χ2n) is 4.22. The molecule has 0 aliphatic carbocycles. The van der Waals surface area contributed by atoms with E-state index in [1.165, 1.54) is 0 Å². The molecular formula is C14H21BrN2O3. The van der Waals surface area contributed by atoms with Crippen LogP contribution in [0.1, 0.15) is 5.56 Å². The number of halogens is 1. The lowest BCUT2D eigenvalue weighted by Gasteiger charge is -2.22. The Bertz CT molecular complexity index is 407. The van der Waals surface area contributed by atoms with Gasteiger partial charge in [-0.05, 0) is 11.6 Å². The molecule has 0 fully saturated rings. The third-order valence-corrected chi connectivity index (χ3v) is 3.58. The zero-order valence-corrected chi connectivity index (χ0v) is 13.5. The molecule has 0 saturated carbocycles. The summed E-state index contributed by atoms with van der Waals surface area (Å²) in [6.07, 6.45) is 0. The maximum atomic E-state index is 12.1. The molecule has 112 valence electrons. The number of nitrogens with one attached hydrogen (secondary N) is 1. The monoisotopic (exact) mass is 344 g/mol. The first kappa shape index (κ1) is 16.9. The lowest BCUT2D eigenvalue weighted by Crippen LogP contribution is -2.43. The molecule has 0 aliphatic rings. The van der Waals surface area contributed by atoms with E-state index in [9.17, 15) is 4.79 Å². The van der Waals surface area contributed by atoms with Gasteiger partial charge in [-0.15, -0.1) is 0 Å². The SMILES string of the molecule is COCCN(CCOC)C(=O)NCc1ccccc1Br. The van der Waals surface area contributed by atoms with Crippen molar-refractivity contribution in [3.8, 4) is 0 Å². The van der Waals surface area contributed by atoms with Gasteiger partial charge in [0.1, 0.15) is 0 Å². The summed E-state index contributed by atoms with van der Waals surface area (Å²) >= 11 is 3.46. The molecule has 0 spiro atoms. The maximum absolute atomic E-state index is 12.1. The summed E-state index contributed by atoms with van der Waals surface area (Å²) in [6.45, 7) is 2.58. The lowest BCUT2D eigenvalue weighted by molar-refractivity contribution is 0.122. The maximum Gasteiger partial charge on any atom is 0.317 e. The molecule has 0 atom stereocenters. The van der Waals surface area contributed by atoms with Crippen LogP contribution in [0, 0.1) is 0 Å². The van der Waals surface area contributed by atoms with Gasteiger partial charge >= 0.3 is 6.03 Å². The Kier molecular flexibility index (Phi) is 8.25. The van der Waals surface area contributed by atoms with Crippen molar-refractivity contribution in [3.05, 3.63) is 34.3 Å². The molecule has 1 rings (SSSR count). The molecule has 1 aromatic carbocycles. The van der Waals surface area contributed by atoms with Crippen LogP contribution in [0.3, 0.4) is 0 Å². The molecule has 1 N–H and O–H groups in total. The number of amides is 2. The van der Waals surface area contributed by atoms with Gasteiger partial charge in [0.15, 0.2) is 0 Å². The summed E-state index contributed by atoms with van der Waals surface area (Å²) in [5.74, 6) is 0. The zero-order chi connectivity index (χ0) is 14.8. The van der Waals surface area contributed by atoms with Crippen LogP contribution in [0.25, 0.3) is 0 Å². The van der Waals surface area contributed by atoms with Crippen LogP contribution in [0.2, 0.25) is 0 Å². The molecular weight excluding hydrogens is 324 g/mol. The van der Waals surface area contributed by atoms with Gasteiger partial charge in [-0.25, -0.2) is 4.79 Å². The fourth-order valence-corrected chi connectivity index (χ4v) is 2.07. The van der Waals surface area contributed by atoms with Gasteiger partial charge in [0, 0.05) is 38.3 Å². The van der Waals surface area contributed by atoms with E-state index in [0.717, 1.165) is 10.0 Å². The number of nitrogens with zero attached hydrogens (tertiary/aromatic N) is 1. The van der Waals surface area contributed by atoms with E-state index >= 15 is 0 Å². The van der Waals surface area contributed by atoms with Crippen molar-refractivity contribution in [1.82, 2.24) is 10.2 Å². The number of rotatable bonds is 8. The Hall–Kier alpha value is -1.11. The fourth-order valence-electron chi connectivity index (χ4n) is 1.64. The van der Waals surface area contributed by atoms with E-state index in [1.54, 1.807) is 19.1 Å². The van der Waals surface area contributed by atoms with Gasteiger partial charge in [-0.2, -0.15) is 0 Å². The average Bonchev–Trinajstić information content (AvgIpc) is 2.46. The first-order valence-corrected chi connectivity index (χ1v) is 7.22. The summed E-state index contributed by atoms with van der Waals surface area (Å²) in [6, 6.07) is 7.70. The minimum atomic E-state index is -0.116. The van der Waals surface area contributed by atoms with E-state index in [2.05, 4.69) is 21.2 Å². The molecule has 0 radical (unpaired) electrons. The topological polar surface area (TPSA) is 50.8 Å². The van der Waals surface area contributed by atoms with Crippen molar-refractivity contribution in [2.24, 2.45) is 0 Å². The molecule has 0 aromatic heterocycles. The van der Waals surface area contributed by atoms with E-state index in [-0.39, 0.29) is 6.03 Å². The van der Waals surface area contributed by atoms with Crippen LogP contribution < -0.4 is 5.32 Å². The van der Waals surface area contributed by atoms with Crippen LogP contribution in [-0.4, -0.2) is 51.5 Å². The van der Waals surface area contributed by atoms with Crippen molar-refractivity contribution in [2.45, 2.75) is 6.54 Å². The van der Waals surface area contributed by atoms with Gasteiger partial charge in [-0.1, -0.05) is 34.1 Å². The van der Waals surface area contributed by atoms with Crippen LogP contribution in [0.4, 0.5) is 4.79 Å². The number of methoxy groups -OCH3 is 2. The molecule has 20 heavy (non-hydrogen) atoms. The number of ether oxygens (including phenoxy) is 2. The second kappa shape index (κ2) is 9.74. The third kappa shape index (κ3) is 5.90. The van der Waals surface area contributed by atoms with Crippen LogP contribution in [-0.2, 0) is 16.0 Å². The first-order chi connectivity index (χ1) is 9.69. The van der Waals surface area contributed by atoms with E-state index in [1.807, 2.05) is 24.3 Å². The number of urea groups is 1. The molecule has 6 heteroatoms.